The maximum absolute atomic E-state index is 12.5. The zero-order valence-electron chi connectivity index (χ0n) is 15.9. The van der Waals surface area contributed by atoms with Crippen LogP contribution in [0.3, 0.4) is 0 Å². The molecule has 142 valence electrons. The van der Waals surface area contributed by atoms with Crippen molar-refractivity contribution >= 4 is 16.9 Å². The van der Waals surface area contributed by atoms with E-state index in [4.69, 9.17) is 0 Å². The number of nitrogens with one attached hydrogen (secondary N) is 2. The molecule has 0 aliphatic heterocycles. The van der Waals surface area contributed by atoms with E-state index in [2.05, 4.69) is 25.5 Å². The van der Waals surface area contributed by atoms with Crippen LogP contribution in [0.1, 0.15) is 34.4 Å². The molecule has 28 heavy (non-hydrogen) atoms. The largest absolute Gasteiger partial charge is 0.348 e. The van der Waals surface area contributed by atoms with E-state index in [9.17, 15) is 4.79 Å². The van der Waals surface area contributed by atoms with E-state index >= 15 is 0 Å². The zero-order chi connectivity index (χ0) is 19.5. The molecule has 0 aliphatic rings. The maximum atomic E-state index is 12.5. The lowest BCUT2D eigenvalue weighted by Gasteiger charge is -2.13. The molecule has 7 heteroatoms. The number of fused-ring (bicyclic) bond motifs is 1. The van der Waals surface area contributed by atoms with Crippen LogP contribution in [0.2, 0.25) is 0 Å². The van der Waals surface area contributed by atoms with Crippen molar-refractivity contribution in [2.75, 3.05) is 0 Å². The summed E-state index contributed by atoms with van der Waals surface area (Å²) in [4.78, 5) is 21.3. The molecule has 0 saturated heterocycles. The lowest BCUT2D eigenvalue weighted by molar-refractivity contribution is 0.0935. The van der Waals surface area contributed by atoms with Crippen molar-refractivity contribution in [2.45, 2.75) is 32.9 Å². The quantitative estimate of drug-likeness (QED) is 0.543. The van der Waals surface area contributed by atoms with Crippen LogP contribution in [0.15, 0.2) is 55.0 Å². The Bertz CT molecular complexity index is 1110. The molecule has 0 fully saturated rings. The van der Waals surface area contributed by atoms with Crippen LogP contribution >= 0.6 is 0 Å². The highest BCUT2D eigenvalue weighted by Crippen LogP contribution is 2.14. The monoisotopic (exact) mass is 374 g/mol. The first-order chi connectivity index (χ1) is 13.6. The summed E-state index contributed by atoms with van der Waals surface area (Å²) in [7, 11) is 0. The first kappa shape index (κ1) is 17.9. The number of rotatable bonds is 6. The van der Waals surface area contributed by atoms with Crippen molar-refractivity contribution in [1.29, 1.82) is 0 Å². The van der Waals surface area contributed by atoms with Gasteiger partial charge in [0.25, 0.3) is 5.91 Å². The summed E-state index contributed by atoms with van der Waals surface area (Å²) in [6.07, 6.45) is 4.25. The number of imidazole rings is 1. The van der Waals surface area contributed by atoms with Crippen molar-refractivity contribution in [3.8, 4) is 0 Å². The molecule has 1 amide bonds. The van der Waals surface area contributed by atoms with E-state index in [-0.39, 0.29) is 11.9 Å². The number of para-hydroxylation sites is 2. The fourth-order valence-electron chi connectivity index (χ4n) is 3.25. The van der Waals surface area contributed by atoms with Crippen LogP contribution in [-0.2, 0) is 13.0 Å². The second-order valence-corrected chi connectivity index (χ2v) is 6.99. The molecule has 0 saturated carbocycles. The normalized spacial score (nSPS) is 12.2. The zero-order valence-corrected chi connectivity index (χ0v) is 15.9. The van der Waals surface area contributed by atoms with Crippen LogP contribution in [0.4, 0.5) is 0 Å². The van der Waals surface area contributed by atoms with Gasteiger partial charge in [-0.25, -0.2) is 4.98 Å². The van der Waals surface area contributed by atoms with Gasteiger partial charge in [0.15, 0.2) is 0 Å². The minimum atomic E-state index is -0.195. The molecular formula is C21H22N6O. The van der Waals surface area contributed by atoms with Crippen molar-refractivity contribution in [3.05, 3.63) is 77.6 Å². The number of carbonyl (C=O) groups is 1. The lowest BCUT2D eigenvalue weighted by atomic mass is 10.1. The number of aryl methyl sites for hydroxylation is 1. The van der Waals surface area contributed by atoms with Gasteiger partial charge in [0, 0.05) is 24.4 Å². The molecule has 3 heterocycles. The highest BCUT2D eigenvalue weighted by molar-refractivity contribution is 5.92. The summed E-state index contributed by atoms with van der Waals surface area (Å²) < 4.78 is 2.02. The fourth-order valence-corrected chi connectivity index (χ4v) is 3.25. The number of aromatic amines is 1. The van der Waals surface area contributed by atoms with E-state index in [1.54, 1.807) is 18.6 Å². The number of pyridine rings is 1. The van der Waals surface area contributed by atoms with Crippen molar-refractivity contribution < 1.29 is 4.79 Å². The number of benzene rings is 1. The summed E-state index contributed by atoms with van der Waals surface area (Å²) in [6, 6.07) is 13.6. The molecule has 1 atom stereocenters. The van der Waals surface area contributed by atoms with Crippen molar-refractivity contribution in [1.82, 2.24) is 30.0 Å². The lowest BCUT2D eigenvalue weighted by Crippen LogP contribution is -2.34. The second kappa shape index (κ2) is 7.64. The average molecular weight is 374 g/mol. The summed E-state index contributed by atoms with van der Waals surface area (Å²) in [6.45, 7) is 4.57. The van der Waals surface area contributed by atoms with Crippen molar-refractivity contribution in [2.24, 2.45) is 0 Å². The van der Waals surface area contributed by atoms with Crippen LogP contribution in [0.5, 0.6) is 0 Å². The molecule has 7 nitrogen and oxygen atoms in total. The molecule has 0 radical (unpaired) electrons. The predicted octanol–water partition coefficient (Wildman–Crippen LogP) is 2.87. The number of amides is 1. The van der Waals surface area contributed by atoms with Gasteiger partial charge in [0.2, 0.25) is 0 Å². The number of hydrogen-bond donors (Lipinski definition) is 2. The standard InChI is InChI=1S/C21H22N6O/c1-14-6-5-9-22-18(14)10-15(2)24-21(28)19-11-16(25-26-19)12-27-13-23-17-7-3-4-8-20(17)27/h3-9,11,13,15H,10,12H2,1-2H3,(H,24,28)(H,25,26)/t15-/m0/s1. The Kier molecular flexibility index (Phi) is 4.89. The van der Waals surface area contributed by atoms with Gasteiger partial charge in [-0.2, -0.15) is 5.10 Å². The Balaban J connectivity index is 1.41. The minimum absolute atomic E-state index is 0.0427. The van der Waals surface area contributed by atoms with E-state index in [1.807, 2.05) is 54.8 Å². The third kappa shape index (κ3) is 3.78. The smallest absolute Gasteiger partial charge is 0.271 e. The summed E-state index contributed by atoms with van der Waals surface area (Å²) >= 11 is 0. The Labute approximate surface area is 162 Å². The van der Waals surface area contributed by atoms with Gasteiger partial charge >= 0.3 is 0 Å². The van der Waals surface area contributed by atoms with Gasteiger partial charge in [-0.05, 0) is 43.7 Å². The van der Waals surface area contributed by atoms with E-state index in [0.29, 0.717) is 18.7 Å². The third-order valence-electron chi connectivity index (χ3n) is 4.73. The minimum Gasteiger partial charge on any atom is -0.348 e. The molecule has 4 rings (SSSR count). The summed E-state index contributed by atoms with van der Waals surface area (Å²) in [5, 5.41) is 10.1. The van der Waals surface area contributed by atoms with Gasteiger partial charge in [-0.3, -0.25) is 14.9 Å². The molecule has 3 aromatic heterocycles. The highest BCUT2D eigenvalue weighted by Gasteiger charge is 2.15. The summed E-state index contributed by atoms with van der Waals surface area (Å²) in [5.41, 5.74) is 5.33. The van der Waals surface area contributed by atoms with Gasteiger partial charge < -0.3 is 9.88 Å². The number of hydrogen-bond acceptors (Lipinski definition) is 4. The van der Waals surface area contributed by atoms with E-state index < -0.39 is 0 Å². The number of H-pyrrole nitrogens is 1. The fraction of sp³-hybridized carbons (Fsp3) is 0.238. The molecule has 0 unspecified atom stereocenters. The molecular weight excluding hydrogens is 352 g/mol. The third-order valence-corrected chi connectivity index (χ3v) is 4.73. The van der Waals surface area contributed by atoms with E-state index in [1.165, 1.54) is 0 Å². The summed E-state index contributed by atoms with van der Waals surface area (Å²) in [5.74, 6) is -0.195. The second-order valence-electron chi connectivity index (χ2n) is 6.99. The number of carbonyl (C=O) groups excluding carboxylic acids is 1. The van der Waals surface area contributed by atoms with Crippen LogP contribution in [0.25, 0.3) is 11.0 Å². The Morgan fingerprint density at radius 3 is 2.93 bits per heavy atom. The van der Waals surface area contributed by atoms with Gasteiger partial charge in [-0.1, -0.05) is 18.2 Å². The van der Waals surface area contributed by atoms with Gasteiger partial charge in [-0.15, -0.1) is 0 Å². The Morgan fingerprint density at radius 2 is 2.07 bits per heavy atom. The van der Waals surface area contributed by atoms with Gasteiger partial charge in [0.1, 0.15) is 5.69 Å². The maximum Gasteiger partial charge on any atom is 0.271 e. The number of aromatic nitrogens is 5. The van der Waals surface area contributed by atoms with Gasteiger partial charge in [0.05, 0.1) is 29.6 Å². The molecule has 2 N–H and O–H groups in total. The van der Waals surface area contributed by atoms with Crippen molar-refractivity contribution in [3.63, 3.8) is 0 Å². The SMILES string of the molecule is Cc1cccnc1C[C@H](C)NC(=O)c1cc(Cn2cnc3ccccc32)[nH]n1. The van der Waals surface area contributed by atoms with Crippen LogP contribution in [0, 0.1) is 6.92 Å². The molecule has 0 bridgehead atoms. The van der Waals surface area contributed by atoms with Crippen LogP contribution in [-0.4, -0.2) is 36.7 Å². The highest BCUT2D eigenvalue weighted by atomic mass is 16.2. The average Bonchev–Trinajstić information content (AvgIpc) is 3.32. The Morgan fingerprint density at radius 1 is 1.21 bits per heavy atom. The molecule has 1 aromatic carbocycles. The topological polar surface area (TPSA) is 88.5 Å². The first-order valence-corrected chi connectivity index (χ1v) is 9.25. The Hall–Kier alpha value is -3.48. The van der Waals surface area contributed by atoms with Crippen LogP contribution < -0.4 is 5.32 Å². The molecule has 4 aromatic rings. The van der Waals surface area contributed by atoms with E-state index in [0.717, 1.165) is 28.0 Å². The number of nitrogens with zero attached hydrogens (tertiary/aromatic N) is 4. The first-order valence-electron chi connectivity index (χ1n) is 9.25. The molecule has 0 aliphatic carbocycles. The predicted molar refractivity (Wildman–Crippen MR) is 107 cm³/mol. The molecule has 0 spiro atoms.